The van der Waals surface area contributed by atoms with E-state index in [9.17, 15) is 9.90 Å². The Morgan fingerprint density at radius 2 is 1.70 bits per heavy atom. The summed E-state index contributed by atoms with van der Waals surface area (Å²) in [7, 11) is 0. The van der Waals surface area contributed by atoms with Crippen LogP contribution in [0.15, 0.2) is 72.9 Å². The number of benzene rings is 2. The van der Waals surface area contributed by atoms with Gasteiger partial charge in [-0.2, -0.15) is 0 Å². The van der Waals surface area contributed by atoms with E-state index in [1.165, 1.54) is 0 Å². The topological polar surface area (TPSA) is 107 Å². The first-order valence-corrected chi connectivity index (χ1v) is 9.81. The molecule has 7 heteroatoms. The lowest BCUT2D eigenvalue weighted by atomic mass is 10.1. The summed E-state index contributed by atoms with van der Waals surface area (Å²) in [5, 5.41) is 24.9. The molecule has 1 unspecified atom stereocenters. The number of aromatic nitrogens is 1. The van der Waals surface area contributed by atoms with Crippen molar-refractivity contribution in [3.63, 3.8) is 0 Å². The molecule has 0 fully saturated rings. The lowest BCUT2D eigenvalue weighted by Gasteiger charge is -2.13. The maximum Gasteiger partial charge on any atom is 0.245 e. The number of aliphatic hydroxyl groups is 1. The van der Waals surface area contributed by atoms with Gasteiger partial charge in [0.25, 0.3) is 0 Å². The maximum absolute atomic E-state index is 11.0. The first-order chi connectivity index (χ1) is 14.6. The average molecular weight is 406 g/mol. The van der Waals surface area contributed by atoms with Crippen LogP contribution in [-0.2, 0) is 17.8 Å². The zero-order valence-corrected chi connectivity index (χ0v) is 16.6. The smallest absolute Gasteiger partial charge is 0.245 e. The fraction of sp³-hybridized carbons (Fsp3) is 0.217. The average Bonchev–Trinajstić information content (AvgIpc) is 2.79. The van der Waals surface area contributed by atoms with Crippen molar-refractivity contribution in [2.24, 2.45) is 0 Å². The minimum Gasteiger partial charge on any atom is -0.385 e. The summed E-state index contributed by atoms with van der Waals surface area (Å²) in [5.74, 6) is -0.425. The van der Waals surface area contributed by atoms with Gasteiger partial charge in [0.2, 0.25) is 5.91 Å². The Morgan fingerprint density at radius 3 is 2.37 bits per heavy atom. The molecule has 1 heterocycles. The Labute approximate surface area is 175 Å². The van der Waals surface area contributed by atoms with Crippen LogP contribution < -0.4 is 16.1 Å². The van der Waals surface area contributed by atoms with Crippen molar-refractivity contribution in [1.82, 2.24) is 15.8 Å². The van der Waals surface area contributed by atoms with Crippen LogP contribution in [0.3, 0.4) is 0 Å². The van der Waals surface area contributed by atoms with Crippen molar-refractivity contribution < 1.29 is 15.1 Å². The van der Waals surface area contributed by atoms with Crippen molar-refractivity contribution in [3.8, 4) is 11.1 Å². The second-order valence-electron chi connectivity index (χ2n) is 6.91. The third kappa shape index (κ3) is 6.66. The molecule has 1 amide bonds. The number of rotatable bonds is 10. The zero-order valence-electron chi connectivity index (χ0n) is 16.6. The summed E-state index contributed by atoms with van der Waals surface area (Å²) in [6.45, 7) is 1.04. The highest BCUT2D eigenvalue weighted by molar-refractivity contribution is 5.75. The van der Waals surface area contributed by atoms with Gasteiger partial charge in [-0.15, -0.1) is 0 Å². The Bertz CT molecular complexity index is 915. The van der Waals surface area contributed by atoms with E-state index >= 15 is 0 Å². The lowest BCUT2D eigenvalue weighted by molar-refractivity contribution is -0.128. The van der Waals surface area contributed by atoms with Crippen LogP contribution in [0.4, 0.5) is 5.69 Å². The number of nitrogens with one attached hydrogen (secondary N) is 3. The van der Waals surface area contributed by atoms with Crippen molar-refractivity contribution in [2.75, 3.05) is 11.9 Å². The normalized spacial score (nSPS) is 11.7. The molecule has 3 aromatic rings. The minimum absolute atomic E-state index is 0.190. The maximum atomic E-state index is 11.0. The molecule has 156 valence electrons. The number of anilines is 1. The number of carbonyl (C=O) groups excluding carboxylic acids is 1. The van der Waals surface area contributed by atoms with Gasteiger partial charge in [-0.3, -0.25) is 20.3 Å². The van der Waals surface area contributed by atoms with Crippen molar-refractivity contribution in [1.29, 1.82) is 0 Å². The zero-order chi connectivity index (χ0) is 21.2. The first-order valence-electron chi connectivity index (χ1n) is 9.81. The Morgan fingerprint density at radius 1 is 0.967 bits per heavy atom. The standard InChI is InChI=1S/C23H26N4O3/c28-22(27-30)12-13-24-20-9-6-18(7-10-20)19-8-11-21(25-16-19)14-23(29)26-15-17-4-2-1-3-5-17/h1-11,16,23-24,26,29-30H,12-15H2,(H,27,28). The number of pyridine rings is 1. The number of hydroxylamine groups is 1. The van der Waals surface area contributed by atoms with Gasteiger partial charge in [0.15, 0.2) is 0 Å². The molecule has 0 saturated carbocycles. The second kappa shape index (κ2) is 11.1. The minimum atomic E-state index is -0.665. The number of carbonyl (C=O) groups is 1. The lowest BCUT2D eigenvalue weighted by Crippen LogP contribution is -2.30. The molecule has 1 aromatic heterocycles. The number of amides is 1. The molecule has 0 aliphatic rings. The summed E-state index contributed by atoms with van der Waals surface area (Å²) >= 11 is 0. The molecule has 0 aliphatic heterocycles. The number of hydrogen-bond donors (Lipinski definition) is 5. The molecule has 0 aliphatic carbocycles. The van der Waals surface area contributed by atoms with Crippen molar-refractivity contribution >= 4 is 11.6 Å². The van der Waals surface area contributed by atoms with E-state index in [1.807, 2.05) is 66.7 Å². The van der Waals surface area contributed by atoms with Gasteiger partial charge in [0.1, 0.15) is 6.23 Å². The van der Waals surface area contributed by atoms with E-state index in [0.717, 1.165) is 28.1 Å². The van der Waals surface area contributed by atoms with Crippen LogP contribution in [0.1, 0.15) is 17.7 Å². The fourth-order valence-electron chi connectivity index (χ4n) is 2.97. The molecule has 0 saturated heterocycles. The highest BCUT2D eigenvalue weighted by Crippen LogP contribution is 2.21. The second-order valence-corrected chi connectivity index (χ2v) is 6.91. The Kier molecular flexibility index (Phi) is 7.91. The highest BCUT2D eigenvalue weighted by Gasteiger charge is 2.07. The van der Waals surface area contributed by atoms with Gasteiger partial charge >= 0.3 is 0 Å². The van der Waals surface area contributed by atoms with Gasteiger partial charge in [-0.25, -0.2) is 5.48 Å². The van der Waals surface area contributed by atoms with E-state index in [4.69, 9.17) is 5.21 Å². The highest BCUT2D eigenvalue weighted by atomic mass is 16.5. The third-order valence-corrected chi connectivity index (χ3v) is 4.64. The molecule has 1 atom stereocenters. The summed E-state index contributed by atoms with van der Waals surface area (Å²) in [6.07, 6.45) is 1.75. The van der Waals surface area contributed by atoms with E-state index in [1.54, 1.807) is 11.7 Å². The Hall–Kier alpha value is -3.26. The quantitative estimate of drug-likeness (QED) is 0.201. The molecule has 30 heavy (non-hydrogen) atoms. The van der Waals surface area contributed by atoms with Crippen LogP contribution in [0.5, 0.6) is 0 Å². The summed E-state index contributed by atoms with van der Waals surface area (Å²) < 4.78 is 0. The molecule has 3 rings (SSSR count). The van der Waals surface area contributed by atoms with Crippen molar-refractivity contribution in [3.05, 3.63) is 84.2 Å². The van der Waals surface area contributed by atoms with Crippen LogP contribution in [-0.4, -0.2) is 34.0 Å². The van der Waals surface area contributed by atoms with E-state index in [2.05, 4.69) is 15.6 Å². The van der Waals surface area contributed by atoms with Gasteiger partial charge in [0, 0.05) is 49.1 Å². The van der Waals surface area contributed by atoms with E-state index < -0.39 is 12.1 Å². The molecule has 2 aromatic carbocycles. The van der Waals surface area contributed by atoms with Gasteiger partial charge < -0.3 is 10.4 Å². The summed E-state index contributed by atoms with van der Waals surface area (Å²) in [6, 6.07) is 21.7. The molecule has 0 spiro atoms. The van der Waals surface area contributed by atoms with Crippen molar-refractivity contribution in [2.45, 2.75) is 25.6 Å². The van der Waals surface area contributed by atoms with Crippen LogP contribution in [0.2, 0.25) is 0 Å². The van der Waals surface area contributed by atoms with E-state index in [0.29, 0.717) is 19.5 Å². The first kappa shape index (κ1) is 21.4. The van der Waals surface area contributed by atoms with Crippen LogP contribution >= 0.6 is 0 Å². The van der Waals surface area contributed by atoms with E-state index in [-0.39, 0.29) is 6.42 Å². The predicted molar refractivity (Wildman–Crippen MR) is 116 cm³/mol. The summed E-state index contributed by atoms with van der Waals surface area (Å²) in [4.78, 5) is 15.5. The number of nitrogens with zero attached hydrogens (tertiary/aromatic N) is 1. The largest absolute Gasteiger partial charge is 0.385 e. The van der Waals surface area contributed by atoms with Crippen LogP contribution in [0.25, 0.3) is 11.1 Å². The molecule has 7 nitrogen and oxygen atoms in total. The monoisotopic (exact) mass is 406 g/mol. The van der Waals surface area contributed by atoms with Gasteiger partial charge in [0.05, 0.1) is 0 Å². The molecule has 5 N–H and O–H groups in total. The predicted octanol–water partition coefficient (Wildman–Crippen LogP) is 2.71. The SMILES string of the molecule is O=C(CCNc1ccc(-c2ccc(CC(O)NCc3ccccc3)nc2)cc1)NO. The van der Waals surface area contributed by atoms with Gasteiger partial charge in [-0.1, -0.05) is 48.5 Å². The van der Waals surface area contributed by atoms with Crippen LogP contribution in [0, 0.1) is 0 Å². The fourth-order valence-corrected chi connectivity index (χ4v) is 2.97. The molecular formula is C23H26N4O3. The molecule has 0 bridgehead atoms. The Balaban J connectivity index is 1.49. The number of hydrogen-bond acceptors (Lipinski definition) is 6. The third-order valence-electron chi connectivity index (χ3n) is 4.64. The molecular weight excluding hydrogens is 380 g/mol. The molecule has 0 radical (unpaired) electrons. The van der Waals surface area contributed by atoms with Gasteiger partial charge in [-0.05, 0) is 29.3 Å². The summed E-state index contributed by atoms with van der Waals surface area (Å²) in [5.41, 5.74) is 6.44. The number of aliphatic hydroxyl groups excluding tert-OH is 1.